The Morgan fingerprint density at radius 2 is 1.88 bits per heavy atom. The number of rotatable bonds is 10. The molecular weight excluding hydrogens is 563 g/mol. The molecule has 2 fully saturated rings. The lowest BCUT2D eigenvalue weighted by molar-refractivity contribution is -0.137. The number of carbonyl (C=O) groups is 1. The maximum atomic E-state index is 11.3. The number of piperidine rings is 1. The third-order valence-electron chi connectivity index (χ3n) is 7.85. The van der Waals surface area contributed by atoms with E-state index in [0.717, 1.165) is 35.3 Å². The van der Waals surface area contributed by atoms with Crippen molar-refractivity contribution in [3.63, 3.8) is 0 Å². The fourth-order valence-electron chi connectivity index (χ4n) is 5.47. The van der Waals surface area contributed by atoms with E-state index < -0.39 is 0 Å². The maximum Gasteiger partial charge on any atom is 0.307 e. The molecule has 0 aromatic heterocycles. The molecule has 2 aliphatic rings. The number of ether oxygens (including phenoxy) is 3. The minimum absolute atomic E-state index is 0.0658. The van der Waals surface area contributed by atoms with E-state index in [1.54, 1.807) is 6.07 Å². The summed E-state index contributed by atoms with van der Waals surface area (Å²) in [4.78, 5) is 13.7. The number of hydrogen-bond acceptors (Lipinski definition) is 7. The fraction of sp³-hybridized carbons (Fsp3) is 0.406. The lowest BCUT2D eigenvalue weighted by Gasteiger charge is -2.29. The van der Waals surface area contributed by atoms with E-state index >= 15 is 0 Å². The molecule has 9 heteroatoms. The Kier molecular flexibility index (Phi) is 9.60. The molecule has 0 radical (unpaired) electrons. The number of aromatic hydroxyl groups is 1. The van der Waals surface area contributed by atoms with Crippen LogP contribution in [0.2, 0.25) is 10.0 Å². The zero-order valence-electron chi connectivity index (χ0n) is 23.4. The third-order valence-corrected chi connectivity index (χ3v) is 8.54. The zero-order chi connectivity index (χ0) is 28.9. The van der Waals surface area contributed by atoms with Crippen LogP contribution in [0, 0.1) is 12.8 Å². The van der Waals surface area contributed by atoms with Crippen molar-refractivity contribution in [2.24, 2.45) is 5.92 Å². The van der Waals surface area contributed by atoms with Crippen LogP contribution in [-0.2, 0) is 22.7 Å². The van der Waals surface area contributed by atoms with Crippen molar-refractivity contribution in [2.45, 2.75) is 45.4 Å². The molecule has 0 bridgehead atoms. The Labute approximate surface area is 251 Å². The summed E-state index contributed by atoms with van der Waals surface area (Å²) in [5.41, 5.74) is 4.54. The van der Waals surface area contributed by atoms with Crippen LogP contribution in [0.25, 0.3) is 11.1 Å². The predicted molar refractivity (Wildman–Crippen MR) is 161 cm³/mol. The first kappa shape index (κ1) is 29.5. The molecule has 2 N–H and O–H groups in total. The number of benzene rings is 3. The van der Waals surface area contributed by atoms with E-state index in [0.29, 0.717) is 59.2 Å². The molecule has 2 heterocycles. The summed E-state index contributed by atoms with van der Waals surface area (Å²) in [6.07, 6.45) is 2.68. The Hall–Kier alpha value is -2.97. The second kappa shape index (κ2) is 13.3. The van der Waals surface area contributed by atoms with Crippen LogP contribution >= 0.6 is 23.2 Å². The molecule has 3 aromatic rings. The Morgan fingerprint density at radius 1 is 1.07 bits per heavy atom. The number of nitrogens with zero attached hydrogens (tertiary/aromatic N) is 1. The Bertz CT molecular complexity index is 1400. The van der Waals surface area contributed by atoms with E-state index in [9.17, 15) is 9.90 Å². The van der Waals surface area contributed by atoms with Crippen molar-refractivity contribution >= 4 is 29.2 Å². The number of esters is 1. The van der Waals surface area contributed by atoms with Crippen LogP contribution in [0.1, 0.15) is 36.0 Å². The predicted octanol–water partition coefficient (Wildman–Crippen LogP) is 6.38. The molecule has 41 heavy (non-hydrogen) atoms. The summed E-state index contributed by atoms with van der Waals surface area (Å²) < 4.78 is 17.2. The van der Waals surface area contributed by atoms with Gasteiger partial charge in [0.2, 0.25) is 0 Å². The van der Waals surface area contributed by atoms with Gasteiger partial charge in [-0.3, -0.25) is 4.79 Å². The normalized spacial score (nSPS) is 19.3. The zero-order valence-corrected chi connectivity index (χ0v) is 24.9. The van der Waals surface area contributed by atoms with Gasteiger partial charge in [0, 0.05) is 36.2 Å². The minimum Gasteiger partial charge on any atom is -0.507 e. The van der Waals surface area contributed by atoms with Gasteiger partial charge in [0.05, 0.1) is 29.1 Å². The standard InChI is InChI=1S/C32H36Cl2N2O5/c1-20-22(18-40-30-14-28(37)23(12-27(30)33)15-35-24-13-31(38)41-19-24)7-3-8-25(20)26-9-4-10-29(32(26)34)39-17-21-6-5-11-36(2)16-21/h3-4,7-10,12,14,21,24,35,37H,5-6,11,13,15-19H2,1-2H3/t21?,24-/m1/s1. The van der Waals surface area contributed by atoms with Gasteiger partial charge in [-0.1, -0.05) is 53.5 Å². The van der Waals surface area contributed by atoms with Crippen LogP contribution in [-0.4, -0.2) is 55.4 Å². The maximum absolute atomic E-state index is 11.3. The molecule has 5 rings (SSSR count). The van der Waals surface area contributed by atoms with Crippen LogP contribution in [0.5, 0.6) is 17.2 Å². The van der Waals surface area contributed by atoms with E-state index in [-0.39, 0.29) is 24.4 Å². The summed E-state index contributed by atoms with van der Waals surface area (Å²) in [6, 6.07) is 15.1. The van der Waals surface area contributed by atoms with Gasteiger partial charge in [0.1, 0.15) is 30.5 Å². The second-order valence-electron chi connectivity index (χ2n) is 11.0. The van der Waals surface area contributed by atoms with Gasteiger partial charge in [0.15, 0.2) is 0 Å². The topological polar surface area (TPSA) is 80.3 Å². The smallest absolute Gasteiger partial charge is 0.307 e. The van der Waals surface area contributed by atoms with Gasteiger partial charge in [-0.15, -0.1) is 0 Å². The summed E-state index contributed by atoms with van der Waals surface area (Å²) >= 11 is 13.4. The molecule has 218 valence electrons. The number of nitrogens with one attached hydrogen (secondary N) is 1. The van der Waals surface area contributed by atoms with E-state index in [1.165, 1.54) is 18.9 Å². The van der Waals surface area contributed by atoms with Gasteiger partial charge in [-0.2, -0.15) is 0 Å². The molecule has 0 spiro atoms. The van der Waals surface area contributed by atoms with Gasteiger partial charge in [0.25, 0.3) is 0 Å². The molecule has 3 aromatic carbocycles. The first-order chi connectivity index (χ1) is 19.8. The Balaban J connectivity index is 1.25. The summed E-state index contributed by atoms with van der Waals surface area (Å²) in [7, 11) is 2.15. The number of carbonyl (C=O) groups excluding carboxylic acids is 1. The highest BCUT2D eigenvalue weighted by atomic mass is 35.5. The van der Waals surface area contributed by atoms with Crippen molar-refractivity contribution in [1.82, 2.24) is 10.2 Å². The van der Waals surface area contributed by atoms with Crippen molar-refractivity contribution in [1.29, 1.82) is 0 Å². The minimum atomic E-state index is -0.223. The number of cyclic esters (lactones) is 1. The number of phenolic OH excluding ortho intramolecular Hbond substituents is 1. The quantitative estimate of drug-likeness (QED) is 0.262. The highest BCUT2D eigenvalue weighted by molar-refractivity contribution is 6.35. The molecule has 2 atom stereocenters. The van der Waals surface area contributed by atoms with Gasteiger partial charge >= 0.3 is 5.97 Å². The van der Waals surface area contributed by atoms with E-state index in [2.05, 4.69) is 17.3 Å². The van der Waals surface area contributed by atoms with Gasteiger partial charge in [-0.25, -0.2) is 0 Å². The van der Waals surface area contributed by atoms with Crippen molar-refractivity contribution in [3.8, 4) is 28.4 Å². The molecule has 2 aliphatic heterocycles. The molecule has 0 aliphatic carbocycles. The molecule has 0 saturated carbocycles. The van der Waals surface area contributed by atoms with Crippen LogP contribution in [0.3, 0.4) is 0 Å². The first-order valence-corrected chi connectivity index (χ1v) is 14.8. The van der Waals surface area contributed by atoms with E-state index in [1.807, 2.05) is 43.3 Å². The largest absolute Gasteiger partial charge is 0.507 e. The second-order valence-corrected chi connectivity index (χ2v) is 11.7. The lowest BCUT2D eigenvalue weighted by atomic mass is 9.96. The monoisotopic (exact) mass is 598 g/mol. The van der Waals surface area contributed by atoms with Crippen molar-refractivity contribution in [2.75, 3.05) is 33.4 Å². The average Bonchev–Trinajstić information content (AvgIpc) is 3.37. The highest BCUT2D eigenvalue weighted by Gasteiger charge is 2.24. The Morgan fingerprint density at radius 3 is 2.66 bits per heavy atom. The van der Waals surface area contributed by atoms with Crippen molar-refractivity contribution in [3.05, 3.63) is 75.3 Å². The van der Waals surface area contributed by atoms with Gasteiger partial charge < -0.3 is 29.5 Å². The lowest BCUT2D eigenvalue weighted by Crippen LogP contribution is -2.34. The fourth-order valence-corrected chi connectivity index (χ4v) is 5.99. The first-order valence-electron chi connectivity index (χ1n) is 14.0. The number of halogens is 2. The average molecular weight is 600 g/mol. The van der Waals surface area contributed by atoms with Crippen LogP contribution in [0.4, 0.5) is 0 Å². The molecule has 0 amide bonds. The molecule has 7 nitrogen and oxygen atoms in total. The SMILES string of the molecule is Cc1c(COc2cc(O)c(CN[C@H]3COC(=O)C3)cc2Cl)cccc1-c1cccc(OCC2CCCN(C)C2)c1Cl. The van der Waals surface area contributed by atoms with E-state index in [4.69, 9.17) is 37.4 Å². The molecular formula is C32H36Cl2N2O5. The number of likely N-dealkylation sites (tertiary alicyclic amines) is 1. The summed E-state index contributed by atoms with van der Waals surface area (Å²) in [6.45, 7) is 5.82. The van der Waals surface area contributed by atoms with Crippen molar-refractivity contribution < 1.29 is 24.1 Å². The number of hydrogen-bond donors (Lipinski definition) is 2. The molecule has 1 unspecified atom stereocenters. The number of phenols is 1. The molecule has 2 saturated heterocycles. The summed E-state index contributed by atoms with van der Waals surface area (Å²) in [5.74, 6) is 1.43. The summed E-state index contributed by atoms with van der Waals surface area (Å²) in [5, 5.41) is 14.8. The third kappa shape index (κ3) is 7.28. The van der Waals surface area contributed by atoms with Gasteiger partial charge in [-0.05, 0) is 62.2 Å². The highest BCUT2D eigenvalue weighted by Crippen LogP contribution is 2.38. The van der Waals surface area contributed by atoms with Crippen LogP contribution in [0.15, 0.2) is 48.5 Å². The van der Waals surface area contributed by atoms with Crippen LogP contribution < -0.4 is 14.8 Å².